The minimum atomic E-state index is -1.92. The second-order valence-electron chi connectivity index (χ2n) is 32.1. The van der Waals surface area contributed by atoms with Crippen LogP contribution < -0.4 is 29.9 Å². The van der Waals surface area contributed by atoms with Gasteiger partial charge in [-0.3, -0.25) is 49.1 Å². The minimum Gasteiger partial charge on any atom is -0.495 e. The number of likely N-dealkylation sites (N-methyl/N-ethyl adjacent to an activating group) is 2. The van der Waals surface area contributed by atoms with E-state index in [4.69, 9.17) is 70.6 Å². The quantitative estimate of drug-likeness (QED) is 0.0416. The number of imide groups is 1. The first-order valence-electron chi connectivity index (χ1n) is 39.0. The molecular formula is C82H109Cl2N7O23S2. The topological polar surface area (TPSA) is 367 Å². The molecule has 17 unspecified atom stereocenters. The van der Waals surface area contributed by atoms with Crippen LogP contribution in [0.5, 0.6) is 11.5 Å². The molecule has 1 aliphatic carbocycles. The van der Waals surface area contributed by atoms with Gasteiger partial charge in [0.25, 0.3) is 0 Å². The summed E-state index contributed by atoms with van der Waals surface area (Å²) in [6.07, 6.45) is 2.00. The second-order valence-corrected chi connectivity index (χ2v) is 35.3. The van der Waals surface area contributed by atoms with Gasteiger partial charge in [-0.2, -0.15) is 0 Å². The van der Waals surface area contributed by atoms with Gasteiger partial charge in [0.2, 0.25) is 35.4 Å². The number of hydrogen-bond donors (Lipinski definition) is 4. The van der Waals surface area contributed by atoms with Gasteiger partial charge in [-0.1, -0.05) is 96.4 Å². The van der Waals surface area contributed by atoms with Gasteiger partial charge >= 0.3 is 24.1 Å². The molecule has 10 rings (SSSR count). The number of halogens is 2. The molecule has 116 heavy (non-hydrogen) atoms. The third-order valence-corrected chi connectivity index (χ3v) is 27.1. The van der Waals surface area contributed by atoms with Crippen LogP contribution in [0, 0.1) is 23.7 Å². The SMILES string of the molecule is COc1cc2cc(c1Cl)N(C)C(=O)CC(OC(=O)C(C)N(C)C(=O)CCSC(=O)C1CCC(CN3C(=O)CC(SCCC(=O)N(C)C(C)C(=O)OC4CC(=O)N(C)c5cc(cc(OC)c5Cl)C/C(C)=C/C=C/C(OC)C5(O)CC(OC(=O)N5)C(C)C5OC45C)C3=O)CC1)C1(C)OC1C(C)C1CC(O)(NC(=O)O1)C(OC)/C=C/C=C(\C)C2. The molecular weight excluding hydrogens is 1590 g/mol. The number of methoxy groups -OCH3 is 4. The van der Waals surface area contributed by atoms with Gasteiger partial charge in [-0.15, -0.1) is 11.8 Å². The smallest absolute Gasteiger partial charge is 0.409 e. The van der Waals surface area contributed by atoms with E-state index in [1.165, 1.54) is 95.0 Å². The van der Waals surface area contributed by atoms with Crippen molar-refractivity contribution in [3.05, 3.63) is 93.0 Å². The van der Waals surface area contributed by atoms with E-state index in [1.54, 1.807) is 76.3 Å². The van der Waals surface area contributed by atoms with Crippen LogP contribution in [0.25, 0.3) is 0 Å². The van der Waals surface area contributed by atoms with Crippen molar-refractivity contribution >= 4 is 123 Å². The fourth-order valence-electron chi connectivity index (χ4n) is 16.2. The van der Waals surface area contributed by atoms with Crippen molar-refractivity contribution in [3.63, 3.8) is 0 Å². The van der Waals surface area contributed by atoms with Gasteiger partial charge in [0.15, 0.2) is 16.6 Å². The van der Waals surface area contributed by atoms with Crippen LogP contribution in [-0.2, 0) is 93.9 Å². The number of nitrogens with zero attached hydrogens (tertiary/aromatic N) is 5. The Morgan fingerprint density at radius 1 is 0.629 bits per heavy atom. The van der Waals surface area contributed by atoms with E-state index in [0.29, 0.717) is 61.4 Å². The van der Waals surface area contributed by atoms with Gasteiger partial charge in [0, 0.05) is 110 Å². The Labute approximate surface area is 694 Å². The summed E-state index contributed by atoms with van der Waals surface area (Å²) >= 11 is 15.9. The minimum absolute atomic E-state index is 0.0745. The maximum atomic E-state index is 14.5. The number of rotatable bonds is 20. The summed E-state index contributed by atoms with van der Waals surface area (Å²) in [7, 11) is 11.7. The molecule has 6 fully saturated rings. The highest BCUT2D eigenvalue weighted by Crippen LogP contribution is 2.52. The number of aliphatic hydroxyl groups is 2. The lowest BCUT2D eigenvalue weighted by atomic mass is 9.82. The molecule has 8 amide bonds. The summed E-state index contributed by atoms with van der Waals surface area (Å²) in [5, 5.41) is 28.4. The van der Waals surface area contributed by atoms with Gasteiger partial charge in [-0.25, -0.2) is 19.2 Å². The highest BCUT2D eigenvalue weighted by molar-refractivity contribution is 8.13. The Bertz CT molecular complexity index is 4240. The van der Waals surface area contributed by atoms with Crippen LogP contribution in [-0.4, -0.2) is 253 Å². The standard InChI is InChI=1S/C82H109Cl2N7O23S2/c1-43-19-17-21-60(107-15)81(103)40-57(109-77(101)85-81)45(3)71-79(7,113-71)62(38-66(94)89(11)53-33-50(31-43)35-55(105-13)69(53)83)111-74(98)47(5)87(9)64(92)27-29-115-59-37-68(96)91(73(59)97)42-49-23-25-52(26-24-49)76(100)116-30-28-65(93)88(10)48(6)75(99)112-63-39-67(95)90(12)54-34-51(36-56(106-14)70(54)84)32-44(2)20-18-22-61(108-16)82(104)41-58(110-78(102)86-82)46(4)72-80(63,8)114-72/h17-22,33-36,45-49,52,57-63,71-72,103-104H,23-32,37-42H2,1-16H3,(H,85,101)(H,86,102)/b21-17+,22-18+,43-19+,44-20+. The van der Waals surface area contributed by atoms with Crippen molar-refractivity contribution in [1.29, 1.82) is 0 Å². The summed E-state index contributed by atoms with van der Waals surface area (Å²) in [5.41, 5.74) is -2.64. The van der Waals surface area contributed by atoms with E-state index in [2.05, 4.69) is 10.6 Å². The van der Waals surface area contributed by atoms with Gasteiger partial charge in [-0.05, 0) is 121 Å². The molecule has 1 saturated carbocycles. The molecule has 0 radical (unpaired) electrons. The predicted octanol–water partition coefficient (Wildman–Crippen LogP) is 8.75. The van der Waals surface area contributed by atoms with Crippen molar-refractivity contribution in [2.24, 2.45) is 23.7 Å². The number of fused-ring (bicyclic) bond motifs is 10. The number of likely N-dealkylation sites (tertiary alicyclic amines) is 1. The van der Waals surface area contributed by atoms with Gasteiger partial charge < -0.3 is 77.2 Å². The van der Waals surface area contributed by atoms with Gasteiger partial charge in [0.1, 0.15) is 81.5 Å². The number of esters is 2. The van der Waals surface area contributed by atoms with Crippen molar-refractivity contribution in [2.75, 3.05) is 84.5 Å². The van der Waals surface area contributed by atoms with Crippen molar-refractivity contribution < 1.29 is 110 Å². The molecule has 636 valence electrons. The molecule has 2 aromatic carbocycles. The van der Waals surface area contributed by atoms with E-state index in [9.17, 15) is 63.0 Å². The molecule has 30 nitrogen and oxygen atoms in total. The number of hydrogen-bond acceptors (Lipinski definition) is 25. The maximum absolute atomic E-state index is 14.5. The largest absolute Gasteiger partial charge is 0.495 e. The molecule has 17 atom stereocenters. The van der Waals surface area contributed by atoms with Gasteiger partial charge in [0.05, 0.1) is 55.9 Å². The Kier molecular flexibility index (Phi) is 29.4. The van der Waals surface area contributed by atoms with Crippen LogP contribution in [0.1, 0.15) is 137 Å². The van der Waals surface area contributed by atoms with Crippen molar-refractivity contribution in [2.45, 2.75) is 228 Å². The monoisotopic (exact) mass is 1690 g/mol. The average molecular weight is 1700 g/mol. The number of ether oxygens (including phenoxy) is 10. The number of amides is 8. The molecule has 34 heteroatoms. The number of benzene rings is 2. The molecule has 7 heterocycles. The third kappa shape index (κ3) is 20.4. The Morgan fingerprint density at radius 2 is 1.05 bits per heavy atom. The van der Waals surface area contributed by atoms with E-state index in [1.807, 2.05) is 26.0 Å². The third-order valence-electron chi connectivity index (χ3n) is 24.1. The summed E-state index contributed by atoms with van der Waals surface area (Å²) in [6.45, 7) is 13.8. The predicted molar refractivity (Wildman–Crippen MR) is 432 cm³/mol. The lowest BCUT2D eigenvalue weighted by molar-refractivity contribution is -0.162. The summed E-state index contributed by atoms with van der Waals surface area (Å²) < 4.78 is 59.3. The number of allylic oxidation sites excluding steroid dienone is 6. The molecule has 0 spiro atoms. The molecule has 5 saturated heterocycles. The highest BCUT2D eigenvalue weighted by Gasteiger charge is 2.66. The number of epoxide rings is 2. The Morgan fingerprint density at radius 3 is 1.47 bits per heavy atom. The van der Waals surface area contributed by atoms with Crippen LogP contribution in [0.15, 0.2) is 71.9 Å². The maximum Gasteiger partial charge on any atom is 0.409 e. The zero-order valence-electron chi connectivity index (χ0n) is 68.5. The summed E-state index contributed by atoms with van der Waals surface area (Å²) in [6, 6.07) is 4.65. The number of anilines is 2. The lowest BCUT2D eigenvalue weighted by Gasteiger charge is -2.42. The Balaban J connectivity index is 0.693. The molecule has 7 aliphatic heterocycles. The lowest BCUT2D eigenvalue weighted by Crippen LogP contribution is -2.63. The zero-order chi connectivity index (χ0) is 85.0. The summed E-state index contributed by atoms with van der Waals surface area (Å²) in [4.78, 5) is 159. The van der Waals surface area contributed by atoms with Crippen molar-refractivity contribution in [1.82, 2.24) is 25.3 Å². The first kappa shape index (κ1) is 90.5. The first-order valence-corrected chi connectivity index (χ1v) is 41.8. The molecule has 4 N–H and O–H groups in total. The number of carbonyl (C=O) groups excluding carboxylic acids is 11. The van der Waals surface area contributed by atoms with E-state index in [-0.39, 0.29) is 89.0 Å². The number of thioether (sulfide) groups is 2. The average Bonchev–Trinajstić information content (AvgIpc) is 1.57. The fraction of sp³-hybridized carbons (Fsp3) is 0.622. The molecule has 8 aliphatic rings. The molecule has 2 aromatic rings. The number of alkyl carbamates (subject to hydrolysis) is 2. The van der Waals surface area contributed by atoms with Crippen LogP contribution in [0.3, 0.4) is 0 Å². The van der Waals surface area contributed by atoms with Crippen LogP contribution in [0.4, 0.5) is 21.0 Å². The second kappa shape index (κ2) is 37.7. The summed E-state index contributed by atoms with van der Waals surface area (Å²) in [5.74, 6) is -5.23. The number of carbonyl (C=O) groups is 11. The highest BCUT2D eigenvalue weighted by atomic mass is 35.5. The van der Waals surface area contributed by atoms with Crippen LogP contribution >= 0.6 is 46.7 Å². The first-order chi connectivity index (χ1) is 54.7. The van der Waals surface area contributed by atoms with Crippen molar-refractivity contribution in [3.8, 4) is 11.5 Å². The van der Waals surface area contributed by atoms with E-state index in [0.717, 1.165) is 45.8 Å². The molecule has 8 bridgehead atoms. The molecule has 0 aromatic heterocycles. The number of nitrogens with one attached hydrogen (secondary N) is 2. The fourth-order valence-corrected chi connectivity index (χ4v) is 18.9. The van der Waals surface area contributed by atoms with E-state index < -0.39 is 161 Å². The van der Waals surface area contributed by atoms with Crippen LogP contribution in [0.2, 0.25) is 10.0 Å². The van der Waals surface area contributed by atoms with E-state index >= 15 is 0 Å². The zero-order valence-corrected chi connectivity index (χ0v) is 71.7. The Hall–Kier alpha value is -7.79. The normalized spacial score (nSPS) is 33.1.